The van der Waals surface area contributed by atoms with E-state index in [9.17, 15) is 5.11 Å². The number of rotatable bonds is 2. The molecule has 0 aliphatic carbocycles. The van der Waals surface area contributed by atoms with E-state index in [1.54, 1.807) is 11.3 Å². The fourth-order valence-electron chi connectivity index (χ4n) is 3.00. The van der Waals surface area contributed by atoms with Crippen molar-refractivity contribution >= 4 is 21.4 Å². The van der Waals surface area contributed by atoms with Crippen molar-refractivity contribution < 1.29 is 9.84 Å². The normalized spacial score (nSPS) is 18.5. The van der Waals surface area contributed by atoms with Gasteiger partial charge in [-0.15, -0.1) is 11.3 Å². The second kappa shape index (κ2) is 4.86. The van der Waals surface area contributed by atoms with Crippen LogP contribution < -0.4 is 4.74 Å². The van der Waals surface area contributed by atoms with Gasteiger partial charge < -0.3 is 9.84 Å². The minimum absolute atomic E-state index is 0.231. The standard InChI is InChI=1S/C18H16O2S/c1-11-8-13-9-12(6-7-16(13)20-11)18(19)15-10-21-17-5-3-2-4-14(15)17/h2-7,9-11,18-19H,8H2,1H3. The number of ether oxygens (including phenoxy) is 1. The molecule has 1 aliphatic rings. The van der Waals surface area contributed by atoms with Gasteiger partial charge in [0.05, 0.1) is 0 Å². The van der Waals surface area contributed by atoms with E-state index < -0.39 is 6.10 Å². The lowest BCUT2D eigenvalue weighted by Crippen LogP contribution is -2.05. The highest BCUT2D eigenvalue weighted by atomic mass is 32.1. The van der Waals surface area contributed by atoms with Gasteiger partial charge in [-0.2, -0.15) is 0 Å². The van der Waals surface area contributed by atoms with Crippen LogP contribution in [0.3, 0.4) is 0 Å². The molecule has 0 bridgehead atoms. The van der Waals surface area contributed by atoms with Gasteiger partial charge in [0.2, 0.25) is 0 Å². The van der Waals surface area contributed by atoms with E-state index in [2.05, 4.69) is 30.5 Å². The van der Waals surface area contributed by atoms with Gasteiger partial charge in [-0.3, -0.25) is 0 Å². The smallest absolute Gasteiger partial charge is 0.123 e. The quantitative estimate of drug-likeness (QED) is 0.763. The highest BCUT2D eigenvalue weighted by Gasteiger charge is 2.22. The Balaban J connectivity index is 1.75. The zero-order valence-corrected chi connectivity index (χ0v) is 12.6. The summed E-state index contributed by atoms with van der Waals surface area (Å²) in [5, 5.41) is 13.9. The number of aliphatic hydroxyl groups excluding tert-OH is 1. The minimum Gasteiger partial charge on any atom is -0.490 e. The summed E-state index contributed by atoms with van der Waals surface area (Å²) in [7, 11) is 0. The fraction of sp³-hybridized carbons (Fsp3) is 0.222. The lowest BCUT2D eigenvalue weighted by Gasteiger charge is -2.11. The first kappa shape index (κ1) is 12.9. The van der Waals surface area contributed by atoms with Crippen LogP contribution in [-0.4, -0.2) is 11.2 Å². The predicted octanol–water partition coefficient (Wildman–Crippen LogP) is 4.31. The van der Waals surface area contributed by atoms with E-state index in [-0.39, 0.29) is 6.10 Å². The molecule has 2 nitrogen and oxygen atoms in total. The maximum Gasteiger partial charge on any atom is 0.123 e. The van der Waals surface area contributed by atoms with Gasteiger partial charge in [-0.05, 0) is 47.0 Å². The van der Waals surface area contributed by atoms with Crippen molar-refractivity contribution in [1.82, 2.24) is 0 Å². The minimum atomic E-state index is -0.581. The van der Waals surface area contributed by atoms with Gasteiger partial charge in [0.15, 0.2) is 0 Å². The molecule has 0 fully saturated rings. The Hall–Kier alpha value is -1.84. The Kier molecular flexibility index (Phi) is 2.98. The number of benzene rings is 2. The topological polar surface area (TPSA) is 29.5 Å². The van der Waals surface area contributed by atoms with Crippen LogP contribution in [0.5, 0.6) is 5.75 Å². The Morgan fingerprint density at radius 1 is 1.24 bits per heavy atom. The summed E-state index contributed by atoms with van der Waals surface area (Å²) < 4.78 is 6.94. The van der Waals surface area contributed by atoms with Gasteiger partial charge in [-0.1, -0.05) is 24.3 Å². The molecule has 106 valence electrons. The van der Waals surface area contributed by atoms with Crippen molar-refractivity contribution in [2.24, 2.45) is 0 Å². The summed E-state index contributed by atoms with van der Waals surface area (Å²) in [4.78, 5) is 0. The third kappa shape index (κ3) is 2.13. The van der Waals surface area contributed by atoms with E-state index >= 15 is 0 Å². The summed E-state index contributed by atoms with van der Waals surface area (Å²) in [6.45, 7) is 2.07. The molecule has 1 N–H and O–H groups in total. The number of fused-ring (bicyclic) bond motifs is 2. The highest BCUT2D eigenvalue weighted by molar-refractivity contribution is 7.17. The summed E-state index contributed by atoms with van der Waals surface area (Å²) in [5.74, 6) is 0.952. The Bertz CT molecular complexity index is 806. The maximum atomic E-state index is 10.7. The first-order valence-corrected chi connectivity index (χ1v) is 8.04. The molecule has 2 atom stereocenters. The molecule has 3 heteroatoms. The Morgan fingerprint density at radius 2 is 2.10 bits per heavy atom. The summed E-state index contributed by atoms with van der Waals surface area (Å²) in [6.07, 6.45) is 0.567. The van der Waals surface area contributed by atoms with Gasteiger partial charge in [-0.25, -0.2) is 0 Å². The van der Waals surface area contributed by atoms with Crippen molar-refractivity contribution in [3.8, 4) is 5.75 Å². The molecule has 2 unspecified atom stereocenters. The average molecular weight is 296 g/mol. The Labute approximate surface area is 127 Å². The van der Waals surface area contributed by atoms with Crippen LogP contribution in [0.25, 0.3) is 10.1 Å². The molecule has 0 radical (unpaired) electrons. The first-order chi connectivity index (χ1) is 10.2. The molecule has 21 heavy (non-hydrogen) atoms. The third-order valence-electron chi connectivity index (χ3n) is 4.04. The third-order valence-corrected chi connectivity index (χ3v) is 5.02. The SMILES string of the molecule is CC1Cc2cc(C(O)c3csc4ccccc34)ccc2O1. The monoisotopic (exact) mass is 296 g/mol. The van der Waals surface area contributed by atoms with E-state index in [1.165, 1.54) is 10.3 Å². The van der Waals surface area contributed by atoms with Crippen LogP contribution in [0.4, 0.5) is 0 Å². The molecule has 0 saturated heterocycles. The molecule has 0 amide bonds. The van der Waals surface area contributed by atoms with E-state index in [1.807, 2.05) is 24.3 Å². The first-order valence-electron chi connectivity index (χ1n) is 7.16. The molecular weight excluding hydrogens is 280 g/mol. The van der Waals surface area contributed by atoms with Gasteiger partial charge in [0.25, 0.3) is 0 Å². The average Bonchev–Trinajstić information content (AvgIpc) is 3.07. The number of hydrogen-bond donors (Lipinski definition) is 1. The molecule has 3 aromatic rings. The molecule has 4 rings (SSSR count). The molecule has 2 heterocycles. The van der Waals surface area contributed by atoms with E-state index in [4.69, 9.17) is 4.74 Å². The Morgan fingerprint density at radius 3 is 3.00 bits per heavy atom. The second-order valence-corrected chi connectivity index (χ2v) is 6.50. The van der Waals surface area contributed by atoms with Crippen LogP contribution in [0, 0.1) is 0 Å². The van der Waals surface area contributed by atoms with Crippen molar-refractivity contribution in [3.63, 3.8) is 0 Å². The van der Waals surface area contributed by atoms with Crippen molar-refractivity contribution in [2.45, 2.75) is 25.6 Å². The molecule has 0 saturated carbocycles. The largest absolute Gasteiger partial charge is 0.490 e. The highest BCUT2D eigenvalue weighted by Crippen LogP contribution is 2.36. The molecule has 1 aromatic heterocycles. The number of aliphatic hydroxyl groups is 1. The van der Waals surface area contributed by atoms with Crippen LogP contribution >= 0.6 is 11.3 Å². The summed E-state index contributed by atoms with van der Waals surface area (Å²) >= 11 is 1.68. The van der Waals surface area contributed by atoms with Crippen molar-refractivity contribution in [2.75, 3.05) is 0 Å². The molecular formula is C18H16O2S. The van der Waals surface area contributed by atoms with Crippen LogP contribution in [0.1, 0.15) is 29.7 Å². The fourth-order valence-corrected chi connectivity index (χ4v) is 3.98. The zero-order valence-electron chi connectivity index (χ0n) is 11.7. The maximum absolute atomic E-state index is 10.7. The lowest BCUT2D eigenvalue weighted by molar-refractivity contribution is 0.222. The van der Waals surface area contributed by atoms with E-state index in [0.29, 0.717) is 0 Å². The van der Waals surface area contributed by atoms with Crippen LogP contribution in [0.15, 0.2) is 47.8 Å². The predicted molar refractivity (Wildman–Crippen MR) is 86.1 cm³/mol. The number of hydrogen-bond acceptors (Lipinski definition) is 3. The van der Waals surface area contributed by atoms with Gasteiger partial charge in [0.1, 0.15) is 18.0 Å². The van der Waals surface area contributed by atoms with Crippen LogP contribution in [-0.2, 0) is 6.42 Å². The second-order valence-electron chi connectivity index (χ2n) is 5.59. The van der Waals surface area contributed by atoms with E-state index in [0.717, 1.165) is 28.7 Å². The van der Waals surface area contributed by atoms with Gasteiger partial charge >= 0.3 is 0 Å². The lowest BCUT2D eigenvalue weighted by atomic mass is 9.98. The van der Waals surface area contributed by atoms with Crippen LogP contribution in [0.2, 0.25) is 0 Å². The molecule has 0 spiro atoms. The molecule has 2 aromatic carbocycles. The molecule has 1 aliphatic heterocycles. The summed E-state index contributed by atoms with van der Waals surface area (Å²) in [5.41, 5.74) is 3.12. The zero-order chi connectivity index (χ0) is 14.4. The van der Waals surface area contributed by atoms with Gasteiger partial charge in [0, 0.05) is 16.7 Å². The van der Waals surface area contributed by atoms with Crippen molar-refractivity contribution in [1.29, 1.82) is 0 Å². The van der Waals surface area contributed by atoms with Crippen molar-refractivity contribution in [3.05, 3.63) is 64.5 Å². The summed E-state index contributed by atoms with van der Waals surface area (Å²) in [6, 6.07) is 14.2. The number of thiophene rings is 1.